The minimum atomic E-state index is -0.990. The summed E-state index contributed by atoms with van der Waals surface area (Å²) in [6, 6.07) is 32.7. The van der Waals surface area contributed by atoms with Gasteiger partial charge in [0.25, 0.3) is 0 Å². The van der Waals surface area contributed by atoms with Gasteiger partial charge in [-0.3, -0.25) is 0 Å². The maximum Gasteiger partial charge on any atom is 0.354 e. The van der Waals surface area contributed by atoms with Gasteiger partial charge < -0.3 is 9.67 Å². The number of hydrogen-bond donors (Lipinski definition) is 1. The molecule has 35 heavy (non-hydrogen) atoms. The fourth-order valence-corrected chi connectivity index (χ4v) is 3.30. The second kappa shape index (κ2) is 12.0. The van der Waals surface area contributed by atoms with Gasteiger partial charge in [-0.15, -0.1) is 40.5 Å². The molecule has 3 aromatic carbocycles. The molecule has 1 N–H and O–H groups in total. The van der Waals surface area contributed by atoms with Crippen molar-refractivity contribution in [1.29, 1.82) is 0 Å². The molecule has 0 spiro atoms. The largest absolute Gasteiger partial charge is 0.477 e. The van der Waals surface area contributed by atoms with E-state index in [-0.39, 0.29) is 25.8 Å². The number of nitrogens with zero attached hydrogens (tertiary/aromatic N) is 4. The summed E-state index contributed by atoms with van der Waals surface area (Å²) in [7, 11) is 0. The van der Waals surface area contributed by atoms with E-state index in [0.717, 1.165) is 28.5 Å². The Morgan fingerprint density at radius 1 is 0.800 bits per heavy atom. The Hall–Kier alpha value is -3.93. The first kappa shape index (κ1) is 25.7. The molecule has 0 aliphatic heterocycles. The first-order valence-electron chi connectivity index (χ1n) is 10.7. The zero-order valence-electron chi connectivity index (χ0n) is 19.2. The van der Waals surface area contributed by atoms with Gasteiger partial charge in [-0.05, 0) is 31.2 Å². The number of pyridine rings is 1. The van der Waals surface area contributed by atoms with Crippen molar-refractivity contribution in [1.82, 2.24) is 19.7 Å². The average molecular weight is 640 g/mol. The van der Waals surface area contributed by atoms with E-state index < -0.39 is 5.97 Å². The molecular weight excluding hydrogens is 617 g/mol. The van der Waals surface area contributed by atoms with Gasteiger partial charge >= 0.3 is 5.97 Å². The zero-order chi connectivity index (χ0) is 23.9. The van der Waals surface area contributed by atoms with Gasteiger partial charge in [-0.2, -0.15) is 5.10 Å². The number of aromatic carboxylic acids is 1. The second-order valence-corrected chi connectivity index (χ2v) is 7.68. The molecule has 0 bridgehead atoms. The third-order valence-electron chi connectivity index (χ3n) is 5.08. The number of para-hydroxylation sites is 1. The van der Waals surface area contributed by atoms with Gasteiger partial charge in [-0.25, -0.2) is 9.78 Å². The van der Waals surface area contributed by atoms with Crippen LogP contribution in [0.1, 0.15) is 21.6 Å². The van der Waals surface area contributed by atoms with Crippen LogP contribution in [0, 0.1) is 19.9 Å². The molecule has 0 fully saturated rings. The van der Waals surface area contributed by atoms with Crippen LogP contribution in [0.25, 0.3) is 28.5 Å². The molecule has 0 unspecified atom stereocenters. The Labute approximate surface area is 217 Å². The van der Waals surface area contributed by atoms with Crippen LogP contribution in [-0.2, 0) is 20.1 Å². The van der Waals surface area contributed by atoms with Crippen LogP contribution in [0.4, 0.5) is 0 Å². The Morgan fingerprint density at radius 3 is 2.03 bits per heavy atom. The molecule has 7 heteroatoms. The Morgan fingerprint density at radius 2 is 1.46 bits per heavy atom. The minimum Gasteiger partial charge on any atom is -0.477 e. The van der Waals surface area contributed by atoms with Crippen LogP contribution < -0.4 is 0 Å². The van der Waals surface area contributed by atoms with Gasteiger partial charge in [0.2, 0.25) is 0 Å². The molecule has 0 saturated carbocycles. The van der Waals surface area contributed by atoms with Crippen molar-refractivity contribution >= 4 is 5.97 Å². The fourth-order valence-electron chi connectivity index (χ4n) is 3.30. The van der Waals surface area contributed by atoms with Gasteiger partial charge in [0.05, 0.1) is 5.82 Å². The number of aromatic nitrogens is 4. The fraction of sp³-hybridized carbons (Fsp3) is 0.0714. The summed E-state index contributed by atoms with van der Waals surface area (Å²) in [5.74, 6) is 0.632. The first-order valence-corrected chi connectivity index (χ1v) is 10.7. The molecule has 0 aliphatic rings. The van der Waals surface area contributed by atoms with Crippen molar-refractivity contribution in [2.24, 2.45) is 0 Å². The summed E-state index contributed by atoms with van der Waals surface area (Å²) in [5.41, 5.74) is 5.49. The predicted molar refractivity (Wildman–Crippen MR) is 132 cm³/mol. The maximum absolute atomic E-state index is 10.1. The maximum atomic E-state index is 10.1. The third-order valence-corrected chi connectivity index (χ3v) is 5.08. The third kappa shape index (κ3) is 6.35. The van der Waals surface area contributed by atoms with Crippen molar-refractivity contribution in [3.63, 3.8) is 0 Å². The topological polar surface area (TPSA) is 80.9 Å². The monoisotopic (exact) mass is 640 g/mol. The smallest absolute Gasteiger partial charge is 0.354 e. The Balaban J connectivity index is 0.000000291. The number of carbonyl (C=O) groups is 1. The molecule has 2 heterocycles. The normalized spacial score (nSPS) is 10.0. The molecule has 0 aliphatic carbocycles. The molecule has 2 aromatic heterocycles. The second-order valence-electron chi connectivity index (χ2n) is 7.68. The Kier molecular flexibility index (Phi) is 8.79. The molecule has 0 amide bonds. The number of carboxylic acid groups (broad SMARTS) is 1. The van der Waals surface area contributed by atoms with Crippen LogP contribution in [0.5, 0.6) is 0 Å². The number of aryl methyl sites for hydroxylation is 2. The van der Waals surface area contributed by atoms with Gasteiger partial charge in [0.15, 0.2) is 5.82 Å². The summed E-state index contributed by atoms with van der Waals surface area (Å²) < 4.78 is 2.09. The first-order chi connectivity index (χ1) is 16.5. The van der Waals surface area contributed by atoms with Crippen LogP contribution >= 0.6 is 0 Å². The Bertz CT molecular complexity index is 1310. The van der Waals surface area contributed by atoms with Gasteiger partial charge in [0, 0.05) is 37.6 Å². The van der Waals surface area contributed by atoms with Crippen molar-refractivity contribution in [3.8, 4) is 28.5 Å². The van der Waals surface area contributed by atoms with E-state index in [1.54, 1.807) is 12.1 Å². The molecular formula is C28H23IrN4O2-. The summed E-state index contributed by atoms with van der Waals surface area (Å²) >= 11 is 0. The molecule has 5 aromatic rings. The summed E-state index contributed by atoms with van der Waals surface area (Å²) in [5, 5.41) is 17.3. The molecule has 177 valence electrons. The van der Waals surface area contributed by atoms with E-state index in [1.807, 2.05) is 30.3 Å². The van der Waals surface area contributed by atoms with E-state index in [0.29, 0.717) is 0 Å². The van der Waals surface area contributed by atoms with Crippen molar-refractivity contribution < 1.29 is 30.0 Å². The van der Waals surface area contributed by atoms with Crippen LogP contribution in [-0.4, -0.2) is 30.8 Å². The number of carboxylic acids is 1. The summed E-state index contributed by atoms with van der Waals surface area (Å²) in [4.78, 5) is 13.7. The van der Waals surface area contributed by atoms with Crippen molar-refractivity contribution in [3.05, 3.63) is 120 Å². The number of rotatable bonds is 4. The molecule has 6 nitrogen and oxygen atoms in total. The standard InChI is InChI=1S/C22H18N3.C6H5NO2.Ir/c1-16-8-12-18(13-9-16)21-23-24-22(19-14-10-17(2)11-15-19)25(21)20-6-4-3-5-7-20;8-6(9)5-3-1-2-4-7-5;/h3-14H,1-2H3;1-4H,(H,8,9);/q-1;;. The van der Waals surface area contributed by atoms with E-state index in [9.17, 15) is 4.79 Å². The van der Waals surface area contributed by atoms with Crippen molar-refractivity contribution in [2.45, 2.75) is 13.8 Å². The van der Waals surface area contributed by atoms with Gasteiger partial charge in [-0.1, -0.05) is 61.0 Å². The SMILES string of the molecule is Cc1c[c-]c(-c2nnc(-c3ccc(C)cc3)n2-c2ccccc2)cc1.O=C(O)c1ccccn1.[Ir]. The molecule has 0 atom stereocenters. The number of hydrogen-bond acceptors (Lipinski definition) is 4. The quantitative estimate of drug-likeness (QED) is 0.252. The van der Waals surface area contributed by atoms with E-state index in [1.165, 1.54) is 23.4 Å². The molecule has 1 radical (unpaired) electrons. The van der Waals surface area contributed by atoms with E-state index in [4.69, 9.17) is 5.11 Å². The number of benzene rings is 3. The summed E-state index contributed by atoms with van der Waals surface area (Å²) in [6.07, 6.45) is 1.45. The molecule has 0 saturated heterocycles. The van der Waals surface area contributed by atoms with Gasteiger partial charge in [0.1, 0.15) is 5.69 Å². The van der Waals surface area contributed by atoms with Crippen molar-refractivity contribution in [2.75, 3.05) is 0 Å². The predicted octanol–water partition coefficient (Wildman–Crippen LogP) is 5.80. The minimum absolute atomic E-state index is 0. The zero-order valence-corrected chi connectivity index (χ0v) is 21.6. The average Bonchev–Trinajstić information content (AvgIpc) is 3.31. The summed E-state index contributed by atoms with van der Waals surface area (Å²) in [6.45, 7) is 4.14. The van der Waals surface area contributed by atoms with E-state index >= 15 is 0 Å². The van der Waals surface area contributed by atoms with E-state index in [2.05, 4.69) is 82.1 Å². The van der Waals surface area contributed by atoms with Crippen LogP contribution in [0.2, 0.25) is 0 Å². The van der Waals surface area contributed by atoms with Crippen LogP contribution in [0.15, 0.2) is 97.2 Å². The van der Waals surface area contributed by atoms with Crippen LogP contribution in [0.3, 0.4) is 0 Å². The molecule has 5 rings (SSSR count).